The predicted octanol–water partition coefficient (Wildman–Crippen LogP) is 4.71. The summed E-state index contributed by atoms with van der Waals surface area (Å²) in [6.45, 7) is 3.71. The average Bonchev–Trinajstić information content (AvgIpc) is 3.42. The lowest BCUT2D eigenvalue weighted by atomic mass is 10.1. The van der Waals surface area contributed by atoms with Gasteiger partial charge in [-0.3, -0.25) is 14.6 Å². The highest BCUT2D eigenvalue weighted by atomic mass is 32.1. The highest BCUT2D eigenvalue weighted by Crippen LogP contribution is 2.32. The average molecular weight is 409 g/mol. The third-order valence-electron chi connectivity index (χ3n) is 4.92. The van der Waals surface area contributed by atoms with Crippen LogP contribution in [-0.2, 0) is 0 Å². The van der Waals surface area contributed by atoms with Crippen molar-refractivity contribution in [2.45, 2.75) is 32.7 Å². The van der Waals surface area contributed by atoms with Crippen molar-refractivity contribution in [2.75, 3.05) is 5.32 Å². The van der Waals surface area contributed by atoms with Gasteiger partial charge in [-0.2, -0.15) is 0 Å². The normalized spacial score (nSPS) is 13.2. The van der Waals surface area contributed by atoms with E-state index in [0.717, 1.165) is 35.7 Å². The standard InChI is InChI=1S/C22H20FN3O2S/c1-12-3-4-14(21(27)25-17-5-6-17)8-19(12)26-22(28)20-13(2)18(11-29-20)15-7-16(23)10-24-9-15/h3-4,7-11,17H,5-6H2,1-2H3,(H,25,27)(H,26,28). The third-order valence-corrected chi connectivity index (χ3v) is 6.00. The van der Waals surface area contributed by atoms with Crippen molar-refractivity contribution in [3.8, 4) is 11.1 Å². The molecule has 1 fully saturated rings. The smallest absolute Gasteiger partial charge is 0.266 e. The molecule has 0 bridgehead atoms. The van der Waals surface area contributed by atoms with Crippen molar-refractivity contribution < 1.29 is 14.0 Å². The molecular weight excluding hydrogens is 389 g/mol. The number of hydrogen-bond donors (Lipinski definition) is 2. The van der Waals surface area contributed by atoms with E-state index in [1.165, 1.54) is 17.4 Å². The number of nitrogens with one attached hydrogen (secondary N) is 2. The van der Waals surface area contributed by atoms with Gasteiger partial charge in [-0.25, -0.2) is 4.39 Å². The van der Waals surface area contributed by atoms with E-state index in [2.05, 4.69) is 15.6 Å². The molecule has 148 valence electrons. The summed E-state index contributed by atoms with van der Waals surface area (Å²) in [6.07, 6.45) is 4.75. The molecule has 2 amide bonds. The summed E-state index contributed by atoms with van der Waals surface area (Å²) in [5, 5.41) is 7.69. The number of pyridine rings is 1. The summed E-state index contributed by atoms with van der Waals surface area (Å²) in [7, 11) is 0. The number of halogens is 1. The molecule has 5 nitrogen and oxygen atoms in total. The van der Waals surface area contributed by atoms with Crippen LogP contribution in [0.3, 0.4) is 0 Å². The molecule has 29 heavy (non-hydrogen) atoms. The van der Waals surface area contributed by atoms with E-state index >= 15 is 0 Å². The molecule has 0 saturated heterocycles. The maximum atomic E-state index is 13.5. The number of carbonyl (C=O) groups is 2. The number of hydrogen-bond acceptors (Lipinski definition) is 4. The molecule has 0 unspecified atom stereocenters. The summed E-state index contributed by atoms with van der Waals surface area (Å²) >= 11 is 1.30. The second kappa shape index (κ2) is 7.75. The van der Waals surface area contributed by atoms with Gasteiger partial charge in [0.1, 0.15) is 5.82 Å². The Morgan fingerprint density at radius 2 is 1.93 bits per heavy atom. The van der Waals surface area contributed by atoms with Crippen LogP contribution in [0.4, 0.5) is 10.1 Å². The quantitative estimate of drug-likeness (QED) is 0.641. The number of thiophene rings is 1. The summed E-state index contributed by atoms with van der Waals surface area (Å²) in [6, 6.07) is 6.95. The van der Waals surface area contributed by atoms with Gasteiger partial charge in [0.25, 0.3) is 11.8 Å². The zero-order chi connectivity index (χ0) is 20.5. The predicted molar refractivity (Wildman–Crippen MR) is 112 cm³/mol. The molecule has 4 rings (SSSR count). The van der Waals surface area contributed by atoms with Crippen molar-refractivity contribution in [2.24, 2.45) is 0 Å². The number of carbonyl (C=O) groups excluding carboxylic acids is 2. The van der Waals surface area contributed by atoms with E-state index in [4.69, 9.17) is 0 Å². The van der Waals surface area contributed by atoms with E-state index in [0.29, 0.717) is 21.7 Å². The number of nitrogens with zero attached hydrogens (tertiary/aromatic N) is 1. The topological polar surface area (TPSA) is 71.1 Å². The largest absolute Gasteiger partial charge is 0.349 e. The minimum atomic E-state index is -0.420. The monoisotopic (exact) mass is 409 g/mol. The lowest BCUT2D eigenvalue weighted by Gasteiger charge is -2.11. The first-order valence-electron chi connectivity index (χ1n) is 9.34. The van der Waals surface area contributed by atoms with Crippen LogP contribution < -0.4 is 10.6 Å². The summed E-state index contributed by atoms with van der Waals surface area (Å²) in [5.41, 5.74) is 4.16. The van der Waals surface area contributed by atoms with Gasteiger partial charge in [-0.15, -0.1) is 11.3 Å². The molecule has 1 aliphatic rings. The van der Waals surface area contributed by atoms with Gasteiger partial charge in [-0.1, -0.05) is 6.07 Å². The molecule has 2 N–H and O–H groups in total. The Morgan fingerprint density at radius 3 is 2.66 bits per heavy atom. The molecule has 0 spiro atoms. The van der Waals surface area contributed by atoms with E-state index in [1.54, 1.807) is 18.3 Å². The SMILES string of the molecule is Cc1ccc(C(=O)NC2CC2)cc1NC(=O)c1scc(-c2cncc(F)c2)c1C. The van der Waals surface area contributed by atoms with Crippen LogP contribution in [0.15, 0.2) is 42.0 Å². The molecule has 7 heteroatoms. The van der Waals surface area contributed by atoms with Crippen molar-refractivity contribution in [3.63, 3.8) is 0 Å². The third kappa shape index (κ3) is 4.19. The highest BCUT2D eigenvalue weighted by Gasteiger charge is 2.24. The Balaban J connectivity index is 1.56. The van der Waals surface area contributed by atoms with Crippen LogP contribution in [0.5, 0.6) is 0 Å². The number of benzene rings is 1. The molecule has 1 saturated carbocycles. The van der Waals surface area contributed by atoms with Crippen molar-refractivity contribution >= 4 is 28.8 Å². The molecular formula is C22H20FN3O2S. The summed E-state index contributed by atoms with van der Waals surface area (Å²) < 4.78 is 13.5. The van der Waals surface area contributed by atoms with Crippen LogP contribution in [0.1, 0.15) is 44.0 Å². The zero-order valence-corrected chi connectivity index (χ0v) is 16.9. The van der Waals surface area contributed by atoms with Gasteiger partial charge >= 0.3 is 0 Å². The minimum Gasteiger partial charge on any atom is -0.349 e. The van der Waals surface area contributed by atoms with Crippen molar-refractivity contribution in [1.29, 1.82) is 0 Å². The molecule has 3 aromatic rings. The second-order valence-electron chi connectivity index (χ2n) is 7.23. The van der Waals surface area contributed by atoms with Gasteiger partial charge in [0.2, 0.25) is 0 Å². The Bertz CT molecular complexity index is 1110. The number of amides is 2. The van der Waals surface area contributed by atoms with Gasteiger partial charge in [0.15, 0.2) is 0 Å². The molecule has 0 atom stereocenters. The maximum Gasteiger partial charge on any atom is 0.266 e. The van der Waals surface area contributed by atoms with E-state index in [-0.39, 0.29) is 17.9 Å². The van der Waals surface area contributed by atoms with Crippen molar-refractivity contribution in [3.05, 3.63) is 69.4 Å². The van der Waals surface area contributed by atoms with Gasteiger partial charge in [0, 0.05) is 29.1 Å². The summed E-state index contributed by atoms with van der Waals surface area (Å²) in [4.78, 5) is 29.6. The molecule has 2 heterocycles. The molecule has 0 radical (unpaired) electrons. The first-order valence-corrected chi connectivity index (χ1v) is 10.2. The van der Waals surface area contributed by atoms with E-state index in [1.807, 2.05) is 25.3 Å². The lowest BCUT2D eigenvalue weighted by Crippen LogP contribution is -2.25. The fourth-order valence-corrected chi connectivity index (χ4v) is 4.05. The maximum absolute atomic E-state index is 13.5. The van der Waals surface area contributed by atoms with Crippen LogP contribution in [0.25, 0.3) is 11.1 Å². The summed E-state index contributed by atoms with van der Waals surface area (Å²) in [5.74, 6) is -0.807. The first kappa shape index (κ1) is 19.3. The van der Waals surface area contributed by atoms with Crippen LogP contribution in [0, 0.1) is 19.7 Å². The molecule has 0 aliphatic heterocycles. The number of aromatic nitrogens is 1. The molecule has 1 aliphatic carbocycles. The molecule has 2 aromatic heterocycles. The highest BCUT2D eigenvalue weighted by molar-refractivity contribution is 7.12. The van der Waals surface area contributed by atoms with Gasteiger partial charge in [-0.05, 0) is 67.0 Å². The first-order chi connectivity index (χ1) is 13.9. The fourth-order valence-electron chi connectivity index (χ4n) is 3.06. The minimum absolute atomic E-state index is 0.129. The van der Waals surface area contributed by atoms with Gasteiger partial charge in [0.05, 0.1) is 11.1 Å². The fraction of sp³-hybridized carbons (Fsp3) is 0.227. The van der Waals surface area contributed by atoms with Crippen molar-refractivity contribution in [1.82, 2.24) is 10.3 Å². The number of rotatable bonds is 5. The Morgan fingerprint density at radius 1 is 1.14 bits per heavy atom. The number of aryl methyl sites for hydroxylation is 1. The van der Waals surface area contributed by atoms with E-state index in [9.17, 15) is 14.0 Å². The van der Waals surface area contributed by atoms with Crippen LogP contribution >= 0.6 is 11.3 Å². The van der Waals surface area contributed by atoms with Gasteiger partial charge < -0.3 is 10.6 Å². The van der Waals surface area contributed by atoms with Crippen LogP contribution in [0.2, 0.25) is 0 Å². The Hall–Kier alpha value is -3.06. The Labute approximate surface area is 172 Å². The zero-order valence-electron chi connectivity index (χ0n) is 16.1. The van der Waals surface area contributed by atoms with E-state index < -0.39 is 5.82 Å². The lowest BCUT2D eigenvalue weighted by molar-refractivity contribution is 0.0949. The molecule has 1 aromatic carbocycles. The number of anilines is 1. The Kier molecular flexibility index (Phi) is 5.15. The second-order valence-corrected chi connectivity index (χ2v) is 8.11. The van der Waals surface area contributed by atoms with Crippen LogP contribution in [-0.4, -0.2) is 22.8 Å².